The van der Waals surface area contributed by atoms with Crippen molar-refractivity contribution in [3.63, 3.8) is 0 Å². The van der Waals surface area contributed by atoms with E-state index in [1.54, 1.807) is 12.2 Å². The van der Waals surface area contributed by atoms with E-state index in [9.17, 15) is 4.79 Å². The summed E-state index contributed by atoms with van der Waals surface area (Å²) in [4.78, 5) is 14.4. The van der Waals surface area contributed by atoms with Crippen LogP contribution in [0.15, 0.2) is 41.0 Å². The topological polar surface area (TPSA) is 38.4 Å². The van der Waals surface area contributed by atoms with E-state index in [1.165, 1.54) is 5.69 Å². The van der Waals surface area contributed by atoms with Crippen molar-refractivity contribution < 1.29 is 9.21 Å². The van der Waals surface area contributed by atoms with Crippen molar-refractivity contribution in [1.82, 2.24) is 9.47 Å². The molecule has 4 heteroatoms. The summed E-state index contributed by atoms with van der Waals surface area (Å²) in [6.07, 6.45) is 7.46. The highest BCUT2D eigenvalue weighted by atomic mass is 16.3. The maximum atomic E-state index is 12.4. The Morgan fingerprint density at radius 3 is 2.90 bits per heavy atom. The van der Waals surface area contributed by atoms with Gasteiger partial charge < -0.3 is 13.9 Å². The molecule has 110 valence electrons. The van der Waals surface area contributed by atoms with Gasteiger partial charge in [0.05, 0.1) is 6.04 Å². The predicted octanol–water partition coefficient (Wildman–Crippen LogP) is 3.30. The summed E-state index contributed by atoms with van der Waals surface area (Å²) in [7, 11) is 2.03. The SMILES string of the molecule is Cc1ccc(/C=C/C(=O)N2CCCC2c2cccn2C)o1. The fraction of sp³-hybridized carbons (Fsp3) is 0.353. The minimum absolute atomic E-state index is 0.0488. The molecule has 1 aliphatic rings. The average molecular weight is 284 g/mol. The Labute approximate surface area is 124 Å². The van der Waals surface area contributed by atoms with Crippen molar-refractivity contribution in [1.29, 1.82) is 0 Å². The van der Waals surface area contributed by atoms with Gasteiger partial charge in [0.15, 0.2) is 0 Å². The molecule has 1 amide bonds. The zero-order valence-electron chi connectivity index (χ0n) is 12.5. The van der Waals surface area contributed by atoms with Crippen LogP contribution in [0.5, 0.6) is 0 Å². The highest BCUT2D eigenvalue weighted by Gasteiger charge is 2.30. The summed E-state index contributed by atoms with van der Waals surface area (Å²) >= 11 is 0. The molecule has 1 fully saturated rings. The van der Waals surface area contributed by atoms with E-state index >= 15 is 0 Å². The van der Waals surface area contributed by atoms with Crippen molar-refractivity contribution in [3.8, 4) is 0 Å². The van der Waals surface area contributed by atoms with E-state index in [2.05, 4.69) is 10.6 Å². The molecule has 21 heavy (non-hydrogen) atoms. The molecule has 0 spiro atoms. The molecule has 0 aromatic carbocycles. The summed E-state index contributed by atoms with van der Waals surface area (Å²) < 4.78 is 7.55. The average Bonchev–Trinajstić information content (AvgIpc) is 3.16. The van der Waals surface area contributed by atoms with Crippen LogP contribution in [0.25, 0.3) is 6.08 Å². The highest BCUT2D eigenvalue weighted by Crippen LogP contribution is 2.32. The van der Waals surface area contributed by atoms with E-state index in [-0.39, 0.29) is 11.9 Å². The number of aryl methyl sites for hydroxylation is 2. The third kappa shape index (κ3) is 2.79. The first-order valence-corrected chi connectivity index (χ1v) is 7.31. The standard InChI is InChI=1S/C17H20N2O2/c1-13-7-8-14(21-13)9-10-17(20)19-12-4-6-16(19)15-5-3-11-18(15)2/h3,5,7-11,16H,4,6,12H2,1-2H3/b10-9+. The van der Waals surface area contributed by atoms with Crippen LogP contribution in [0.3, 0.4) is 0 Å². The Morgan fingerprint density at radius 2 is 2.24 bits per heavy atom. The van der Waals surface area contributed by atoms with E-state index < -0.39 is 0 Å². The molecule has 1 unspecified atom stereocenters. The second-order valence-corrected chi connectivity index (χ2v) is 5.52. The molecular weight excluding hydrogens is 264 g/mol. The second-order valence-electron chi connectivity index (χ2n) is 5.52. The number of hydrogen-bond acceptors (Lipinski definition) is 2. The van der Waals surface area contributed by atoms with E-state index in [1.807, 2.05) is 43.3 Å². The van der Waals surface area contributed by atoms with Gasteiger partial charge in [-0.25, -0.2) is 0 Å². The molecule has 4 nitrogen and oxygen atoms in total. The number of aromatic nitrogens is 1. The number of rotatable bonds is 3. The Kier molecular flexibility index (Phi) is 3.69. The summed E-state index contributed by atoms with van der Waals surface area (Å²) in [6.45, 7) is 2.71. The lowest BCUT2D eigenvalue weighted by atomic mass is 10.1. The number of likely N-dealkylation sites (tertiary alicyclic amines) is 1. The first-order chi connectivity index (χ1) is 10.1. The van der Waals surface area contributed by atoms with Crippen molar-refractivity contribution >= 4 is 12.0 Å². The van der Waals surface area contributed by atoms with Crippen LogP contribution < -0.4 is 0 Å². The monoisotopic (exact) mass is 284 g/mol. The van der Waals surface area contributed by atoms with Gasteiger partial charge in [-0.15, -0.1) is 0 Å². The summed E-state index contributed by atoms with van der Waals surface area (Å²) in [5.74, 6) is 1.62. The number of carbonyl (C=O) groups is 1. The van der Waals surface area contributed by atoms with Crippen LogP contribution in [0, 0.1) is 6.92 Å². The van der Waals surface area contributed by atoms with Crippen molar-refractivity contribution in [2.45, 2.75) is 25.8 Å². The van der Waals surface area contributed by atoms with Gasteiger partial charge in [0.2, 0.25) is 5.91 Å². The van der Waals surface area contributed by atoms with Gasteiger partial charge in [0.1, 0.15) is 11.5 Å². The summed E-state index contributed by atoms with van der Waals surface area (Å²) in [6, 6.07) is 8.07. The highest BCUT2D eigenvalue weighted by molar-refractivity contribution is 5.91. The quantitative estimate of drug-likeness (QED) is 0.811. The van der Waals surface area contributed by atoms with E-state index in [4.69, 9.17) is 4.42 Å². The second kappa shape index (κ2) is 5.64. The van der Waals surface area contributed by atoms with E-state index in [0.29, 0.717) is 0 Å². The number of amides is 1. The molecule has 2 aromatic rings. The molecule has 1 aliphatic heterocycles. The minimum Gasteiger partial charge on any atom is -0.462 e. The number of carbonyl (C=O) groups excluding carboxylic acids is 1. The van der Waals surface area contributed by atoms with Gasteiger partial charge in [0, 0.05) is 31.6 Å². The minimum atomic E-state index is 0.0488. The van der Waals surface area contributed by atoms with E-state index in [0.717, 1.165) is 30.9 Å². The van der Waals surface area contributed by atoms with Crippen molar-refractivity contribution in [3.05, 3.63) is 53.8 Å². The zero-order valence-corrected chi connectivity index (χ0v) is 12.5. The van der Waals surface area contributed by atoms with Crippen molar-refractivity contribution in [2.75, 3.05) is 6.54 Å². The molecule has 2 aromatic heterocycles. The van der Waals surface area contributed by atoms with Crippen LogP contribution >= 0.6 is 0 Å². The Hall–Kier alpha value is -2.23. The molecular formula is C17H20N2O2. The Bertz CT molecular complexity index is 666. The van der Waals surface area contributed by atoms with Gasteiger partial charge in [0.25, 0.3) is 0 Å². The smallest absolute Gasteiger partial charge is 0.247 e. The molecule has 0 aliphatic carbocycles. The van der Waals surface area contributed by atoms with Gasteiger partial charge in [-0.05, 0) is 50.1 Å². The normalized spacial score (nSPS) is 18.8. The molecule has 0 radical (unpaired) electrons. The largest absolute Gasteiger partial charge is 0.462 e. The maximum Gasteiger partial charge on any atom is 0.247 e. The van der Waals surface area contributed by atoms with Crippen LogP contribution in [0.4, 0.5) is 0 Å². The fourth-order valence-electron chi connectivity index (χ4n) is 2.95. The third-order valence-electron chi connectivity index (χ3n) is 4.01. The summed E-state index contributed by atoms with van der Waals surface area (Å²) in [5, 5.41) is 0. The lowest BCUT2D eigenvalue weighted by molar-refractivity contribution is -0.126. The van der Waals surface area contributed by atoms with Crippen molar-refractivity contribution in [2.24, 2.45) is 7.05 Å². The molecule has 0 bridgehead atoms. The van der Waals surface area contributed by atoms with Gasteiger partial charge >= 0.3 is 0 Å². The molecule has 0 N–H and O–H groups in total. The van der Waals surface area contributed by atoms with Crippen LogP contribution in [0.1, 0.15) is 36.1 Å². The lowest BCUT2D eigenvalue weighted by Crippen LogP contribution is -2.29. The van der Waals surface area contributed by atoms with Gasteiger partial charge in [-0.1, -0.05) is 0 Å². The summed E-state index contributed by atoms with van der Waals surface area (Å²) in [5.41, 5.74) is 1.20. The number of hydrogen-bond donors (Lipinski definition) is 0. The first kappa shape index (κ1) is 13.7. The molecule has 0 saturated carbocycles. The molecule has 3 rings (SSSR count). The van der Waals surface area contributed by atoms with Gasteiger partial charge in [-0.3, -0.25) is 4.79 Å². The van der Waals surface area contributed by atoms with Crippen LogP contribution in [-0.4, -0.2) is 21.9 Å². The molecule has 3 heterocycles. The Morgan fingerprint density at radius 1 is 1.38 bits per heavy atom. The van der Waals surface area contributed by atoms with Crippen LogP contribution in [-0.2, 0) is 11.8 Å². The third-order valence-corrected chi connectivity index (χ3v) is 4.01. The fourth-order valence-corrected chi connectivity index (χ4v) is 2.95. The predicted molar refractivity (Wildman–Crippen MR) is 81.6 cm³/mol. The number of nitrogens with zero attached hydrogens (tertiary/aromatic N) is 2. The lowest BCUT2D eigenvalue weighted by Gasteiger charge is -2.24. The molecule has 1 atom stereocenters. The van der Waals surface area contributed by atoms with Gasteiger partial charge in [-0.2, -0.15) is 0 Å². The maximum absolute atomic E-state index is 12.4. The zero-order chi connectivity index (χ0) is 14.8. The number of furan rings is 1. The van der Waals surface area contributed by atoms with Crippen LogP contribution in [0.2, 0.25) is 0 Å². The first-order valence-electron chi connectivity index (χ1n) is 7.31. The Balaban J connectivity index is 1.74. The molecule has 1 saturated heterocycles.